The van der Waals surface area contributed by atoms with Gasteiger partial charge in [0.2, 0.25) is 0 Å². The smallest absolute Gasteiger partial charge is 0.157 e. The first kappa shape index (κ1) is 9.06. The summed E-state index contributed by atoms with van der Waals surface area (Å²) in [6.07, 6.45) is 3.75. The number of hydrogen-bond acceptors (Lipinski definition) is 3. The zero-order valence-corrected chi connectivity index (χ0v) is 7.74. The minimum absolute atomic E-state index is 0.180. The van der Waals surface area contributed by atoms with Crippen LogP contribution in [0.3, 0.4) is 0 Å². The van der Waals surface area contributed by atoms with Crippen LogP contribution in [0.25, 0.3) is 0 Å². The summed E-state index contributed by atoms with van der Waals surface area (Å²) in [7, 11) is 3.78. The van der Waals surface area contributed by atoms with Gasteiger partial charge < -0.3 is 10.1 Å². The lowest BCUT2D eigenvalue weighted by molar-refractivity contribution is 0.220. The molecule has 0 saturated heterocycles. The Balaban J connectivity index is 2.41. The summed E-state index contributed by atoms with van der Waals surface area (Å²) < 4.78 is 7.25. The average Bonchev–Trinajstić information content (AvgIpc) is 2.36. The van der Waals surface area contributed by atoms with Crippen LogP contribution in [-0.2, 0) is 7.05 Å². The lowest BCUT2D eigenvalue weighted by Gasteiger charge is -2.11. The molecular formula is C8H15N3O. The van der Waals surface area contributed by atoms with Gasteiger partial charge in [0.25, 0.3) is 0 Å². The minimum atomic E-state index is 0.180. The standard InChI is InChI=1S/C8H15N3O/c1-7(4-9-2)12-8-5-10-11(3)6-8/h5-7,9H,4H2,1-3H3. The zero-order valence-electron chi connectivity index (χ0n) is 7.74. The van der Waals surface area contributed by atoms with Crippen molar-refractivity contribution < 1.29 is 4.74 Å². The predicted molar refractivity (Wildman–Crippen MR) is 47.2 cm³/mol. The number of aromatic nitrogens is 2. The van der Waals surface area contributed by atoms with Crippen LogP contribution in [0.4, 0.5) is 0 Å². The number of ether oxygens (including phenoxy) is 1. The normalized spacial score (nSPS) is 12.9. The predicted octanol–water partition coefficient (Wildman–Crippen LogP) is 0.407. The van der Waals surface area contributed by atoms with E-state index in [-0.39, 0.29) is 6.10 Å². The highest BCUT2D eigenvalue weighted by Crippen LogP contribution is 2.08. The van der Waals surface area contributed by atoms with Crippen molar-refractivity contribution in [3.8, 4) is 5.75 Å². The van der Waals surface area contributed by atoms with Gasteiger partial charge in [0.15, 0.2) is 5.75 Å². The van der Waals surface area contributed by atoms with E-state index in [1.54, 1.807) is 10.9 Å². The van der Waals surface area contributed by atoms with Crippen LogP contribution in [0.15, 0.2) is 12.4 Å². The van der Waals surface area contributed by atoms with Crippen LogP contribution in [0, 0.1) is 0 Å². The van der Waals surface area contributed by atoms with Crippen molar-refractivity contribution in [1.29, 1.82) is 0 Å². The Morgan fingerprint density at radius 2 is 2.50 bits per heavy atom. The second kappa shape index (κ2) is 4.11. The highest BCUT2D eigenvalue weighted by atomic mass is 16.5. The lowest BCUT2D eigenvalue weighted by atomic mass is 10.4. The number of nitrogens with one attached hydrogen (secondary N) is 1. The molecule has 4 heteroatoms. The van der Waals surface area contributed by atoms with E-state index in [0.717, 1.165) is 12.3 Å². The zero-order chi connectivity index (χ0) is 8.97. The first-order valence-corrected chi connectivity index (χ1v) is 4.02. The highest BCUT2D eigenvalue weighted by molar-refractivity contribution is 5.11. The van der Waals surface area contributed by atoms with Crippen molar-refractivity contribution in [3.63, 3.8) is 0 Å². The van der Waals surface area contributed by atoms with Gasteiger partial charge in [-0.2, -0.15) is 5.10 Å². The van der Waals surface area contributed by atoms with Gasteiger partial charge in [-0.25, -0.2) is 0 Å². The molecule has 4 nitrogen and oxygen atoms in total. The molecule has 0 aliphatic carbocycles. The third-order valence-corrected chi connectivity index (χ3v) is 1.51. The SMILES string of the molecule is CNCC(C)Oc1cnn(C)c1. The molecule has 0 fully saturated rings. The maximum Gasteiger partial charge on any atom is 0.157 e. The van der Waals surface area contributed by atoms with Crippen molar-refractivity contribution in [2.24, 2.45) is 7.05 Å². The molecule has 0 bridgehead atoms. The first-order chi connectivity index (χ1) is 5.72. The average molecular weight is 169 g/mol. The second-order valence-corrected chi connectivity index (χ2v) is 2.84. The van der Waals surface area contributed by atoms with Crippen molar-refractivity contribution >= 4 is 0 Å². The molecule has 0 radical (unpaired) electrons. The topological polar surface area (TPSA) is 39.1 Å². The summed E-state index contributed by atoms with van der Waals surface area (Å²) >= 11 is 0. The largest absolute Gasteiger partial charge is 0.486 e. The molecule has 1 rings (SSSR count). The molecule has 1 aromatic rings. The first-order valence-electron chi connectivity index (χ1n) is 4.02. The number of aryl methyl sites for hydroxylation is 1. The van der Waals surface area contributed by atoms with Crippen molar-refractivity contribution in [3.05, 3.63) is 12.4 Å². The Hall–Kier alpha value is -1.03. The highest BCUT2D eigenvalue weighted by Gasteiger charge is 2.02. The van der Waals surface area contributed by atoms with E-state index < -0.39 is 0 Å². The van der Waals surface area contributed by atoms with E-state index >= 15 is 0 Å². The van der Waals surface area contributed by atoms with Gasteiger partial charge in [0.1, 0.15) is 6.10 Å². The van der Waals surface area contributed by atoms with Crippen LogP contribution in [0.1, 0.15) is 6.92 Å². The fourth-order valence-corrected chi connectivity index (χ4v) is 1.02. The van der Waals surface area contributed by atoms with Gasteiger partial charge in [-0.05, 0) is 14.0 Å². The number of hydrogen-bond donors (Lipinski definition) is 1. The van der Waals surface area contributed by atoms with Gasteiger partial charge >= 0.3 is 0 Å². The Morgan fingerprint density at radius 3 is 3.00 bits per heavy atom. The fourth-order valence-electron chi connectivity index (χ4n) is 1.02. The Kier molecular flexibility index (Phi) is 3.10. The summed E-state index contributed by atoms with van der Waals surface area (Å²) in [4.78, 5) is 0. The molecule has 12 heavy (non-hydrogen) atoms. The molecular weight excluding hydrogens is 154 g/mol. The van der Waals surface area contributed by atoms with Crippen LogP contribution < -0.4 is 10.1 Å². The Bertz CT molecular complexity index is 234. The van der Waals surface area contributed by atoms with Gasteiger partial charge in [-0.3, -0.25) is 4.68 Å². The Labute approximate surface area is 72.5 Å². The van der Waals surface area contributed by atoms with E-state index in [9.17, 15) is 0 Å². The summed E-state index contributed by atoms with van der Waals surface area (Å²) in [5.74, 6) is 0.820. The maximum atomic E-state index is 5.53. The summed E-state index contributed by atoms with van der Waals surface area (Å²) in [6, 6.07) is 0. The van der Waals surface area contributed by atoms with Gasteiger partial charge in [-0.15, -0.1) is 0 Å². The molecule has 0 saturated carbocycles. The Morgan fingerprint density at radius 1 is 1.75 bits per heavy atom. The molecule has 1 N–H and O–H groups in total. The molecule has 1 unspecified atom stereocenters. The molecule has 0 spiro atoms. The summed E-state index contributed by atoms with van der Waals surface area (Å²) in [5, 5.41) is 7.04. The van der Waals surface area contributed by atoms with Crippen molar-refractivity contribution in [1.82, 2.24) is 15.1 Å². The molecule has 1 aromatic heterocycles. The maximum absolute atomic E-state index is 5.53. The van der Waals surface area contributed by atoms with Crippen molar-refractivity contribution in [2.75, 3.05) is 13.6 Å². The number of nitrogens with zero attached hydrogens (tertiary/aromatic N) is 2. The molecule has 68 valence electrons. The molecule has 0 aliphatic heterocycles. The fraction of sp³-hybridized carbons (Fsp3) is 0.625. The number of rotatable bonds is 4. The quantitative estimate of drug-likeness (QED) is 0.709. The molecule has 1 atom stereocenters. The van der Waals surface area contributed by atoms with E-state index in [4.69, 9.17) is 4.74 Å². The van der Waals surface area contributed by atoms with E-state index in [1.807, 2.05) is 27.2 Å². The third-order valence-electron chi connectivity index (χ3n) is 1.51. The monoisotopic (exact) mass is 169 g/mol. The molecule has 0 amide bonds. The van der Waals surface area contributed by atoms with Crippen LogP contribution in [0.2, 0.25) is 0 Å². The van der Waals surface area contributed by atoms with Crippen LogP contribution >= 0.6 is 0 Å². The van der Waals surface area contributed by atoms with E-state index in [0.29, 0.717) is 0 Å². The van der Waals surface area contributed by atoms with Gasteiger partial charge in [0.05, 0.1) is 12.4 Å². The van der Waals surface area contributed by atoms with Crippen LogP contribution in [0.5, 0.6) is 5.75 Å². The lowest BCUT2D eigenvalue weighted by Crippen LogP contribution is -2.25. The number of likely N-dealkylation sites (N-methyl/N-ethyl adjacent to an activating group) is 1. The molecule has 0 aliphatic rings. The summed E-state index contributed by atoms with van der Waals surface area (Å²) in [5.41, 5.74) is 0. The second-order valence-electron chi connectivity index (χ2n) is 2.84. The molecule has 0 aromatic carbocycles. The van der Waals surface area contributed by atoms with Crippen LogP contribution in [-0.4, -0.2) is 29.5 Å². The third kappa shape index (κ3) is 2.54. The van der Waals surface area contributed by atoms with E-state index in [1.165, 1.54) is 0 Å². The summed E-state index contributed by atoms with van der Waals surface area (Å²) in [6.45, 7) is 2.86. The van der Waals surface area contributed by atoms with Gasteiger partial charge in [0, 0.05) is 13.6 Å². The molecule has 1 heterocycles. The van der Waals surface area contributed by atoms with Crippen molar-refractivity contribution in [2.45, 2.75) is 13.0 Å². The van der Waals surface area contributed by atoms with E-state index in [2.05, 4.69) is 10.4 Å². The minimum Gasteiger partial charge on any atom is -0.486 e. The van der Waals surface area contributed by atoms with Gasteiger partial charge in [-0.1, -0.05) is 0 Å².